The molecular weight excluding hydrogens is 390 g/mol. The highest BCUT2D eigenvalue weighted by Crippen LogP contribution is 2.24. The number of halogens is 1. The molecule has 3 rings (SSSR count). The van der Waals surface area contributed by atoms with Gasteiger partial charge in [0.25, 0.3) is 0 Å². The summed E-state index contributed by atoms with van der Waals surface area (Å²) < 4.78 is 25.3. The Bertz CT molecular complexity index is 1110. The second-order valence-electron chi connectivity index (χ2n) is 5.75. The Morgan fingerprint density at radius 2 is 1.96 bits per heavy atom. The Balaban J connectivity index is 1.89. The fourth-order valence-corrected chi connectivity index (χ4v) is 3.40. The quantitative estimate of drug-likeness (QED) is 0.558. The van der Waals surface area contributed by atoms with E-state index in [0.29, 0.717) is 16.3 Å². The number of carbonyl (C=O) groups excluding carboxylic acids is 1. The molecule has 0 saturated carbocycles. The monoisotopic (exact) mass is 405 g/mol. The number of anilines is 2. The summed E-state index contributed by atoms with van der Waals surface area (Å²) in [6, 6.07) is 11.3. The van der Waals surface area contributed by atoms with Crippen molar-refractivity contribution in [3.63, 3.8) is 0 Å². The molecule has 0 aliphatic heterocycles. The number of carbonyl (C=O) groups is 1. The van der Waals surface area contributed by atoms with Crippen LogP contribution in [0.2, 0.25) is 5.02 Å². The van der Waals surface area contributed by atoms with Crippen molar-refractivity contribution in [2.45, 2.75) is 11.3 Å². The number of sulfonamides is 1. The minimum atomic E-state index is -4.07. The largest absolute Gasteiger partial charge is 0.398 e. The summed E-state index contributed by atoms with van der Waals surface area (Å²) in [4.78, 5) is 12.1. The van der Waals surface area contributed by atoms with Crippen molar-refractivity contribution in [3.8, 4) is 5.69 Å². The minimum Gasteiger partial charge on any atom is -0.398 e. The van der Waals surface area contributed by atoms with Crippen LogP contribution in [0.4, 0.5) is 11.4 Å². The molecule has 0 aliphatic carbocycles. The molecule has 0 radical (unpaired) electrons. The maximum absolute atomic E-state index is 12.3. The van der Waals surface area contributed by atoms with Crippen LogP contribution in [0, 0.1) is 0 Å². The van der Waals surface area contributed by atoms with Crippen LogP contribution in [0.25, 0.3) is 5.69 Å². The fraction of sp³-hybridized carbons (Fsp3) is 0.0588. The van der Waals surface area contributed by atoms with E-state index in [9.17, 15) is 13.2 Å². The first-order valence-corrected chi connectivity index (χ1v) is 9.67. The summed E-state index contributed by atoms with van der Waals surface area (Å²) in [6.45, 7) is 0. The van der Waals surface area contributed by atoms with Gasteiger partial charge < -0.3 is 11.1 Å². The maximum atomic E-state index is 12.3. The molecule has 5 N–H and O–H groups in total. The zero-order chi connectivity index (χ0) is 19.6. The van der Waals surface area contributed by atoms with E-state index >= 15 is 0 Å². The van der Waals surface area contributed by atoms with Crippen molar-refractivity contribution in [2.75, 3.05) is 11.1 Å². The van der Waals surface area contributed by atoms with Crippen molar-refractivity contribution >= 4 is 38.9 Å². The highest BCUT2D eigenvalue weighted by molar-refractivity contribution is 7.89. The van der Waals surface area contributed by atoms with Crippen LogP contribution in [0.1, 0.15) is 5.56 Å². The average Bonchev–Trinajstić information content (AvgIpc) is 3.02. The highest BCUT2D eigenvalue weighted by Gasteiger charge is 2.18. The van der Waals surface area contributed by atoms with Gasteiger partial charge in [0.05, 0.1) is 23.3 Å². The SMILES string of the molecule is Nc1ccccc1CC(=O)Nc1ccc(-n2cc(Cl)cn2)c(S(N)(=O)=O)c1. The fourth-order valence-electron chi connectivity index (χ4n) is 2.51. The molecule has 1 aromatic heterocycles. The smallest absolute Gasteiger partial charge is 0.240 e. The number of benzene rings is 2. The lowest BCUT2D eigenvalue weighted by molar-refractivity contribution is -0.115. The van der Waals surface area contributed by atoms with Crippen LogP contribution < -0.4 is 16.2 Å². The third-order valence-electron chi connectivity index (χ3n) is 3.75. The number of para-hydroxylation sites is 1. The summed E-state index contributed by atoms with van der Waals surface area (Å²) in [7, 11) is -4.07. The van der Waals surface area contributed by atoms with Crippen molar-refractivity contribution in [3.05, 3.63) is 65.4 Å². The van der Waals surface area contributed by atoms with Crippen LogP contribution in [0.15, 0.2) is 59.8 Å². The van der Waals surface area contributed by atoms with Gasteiger partial charge in [0.1, 0.15) is 4.90 Å². The Hall–Kier alpha value is -2.88. The molecule has 8 nitrogen and oxygen atoms in total. The van der Waals surface area contributed by atoms with Crippen molar-refractivity contribution in [2.24, 2.45) is 5.14 Å². The van der Waals surface area contributed by atoms with Crippen LogP contribution in [0.5, 0.6) is 0 Å². The summed E-state index contributed by atoms with van der Waals surface area (Å²) in [5.74, 6) is -0.344. The molecule has 1 heterocycles. The number of nitrogens with one attached hydrogen (secondary N) is 1. The van der Waals surface area contributed by atoms with Gasteiger partial charge in [-0.1, -0.05) is 29.8 Å². The molecule has 27 heavy (non-hydrogen) atoms. The van der Waals surface area contributed by atoms with Crippen LogP contribution in [-0.2, 0) is 21.2 Å². The lowest BCUT2D eigenvalue weighted by atomic mass is 10.1. The minimum absolute atomic E-state index is 0.0495. The number of nitrogens with two attached hydrogens (primary N) is 2. The van der Waals surface area contributed by atoms with Crippen LogP contribution >= 0.6 is 11.6 Å². The summed E-state index contributed by atoms with van der Waals surface area (Å²) >= 11 is 5.84. The molecule has 0 fully saturated rings. The predicted octanol–water partition coefficient (Wildman–Crippen LogP) is 1.94. The molecule has 3 aromatic rings. The van der Waals surface area contributed by atoms with E-state index in [1.807, 2.05) is 0 Å². The first-order valence-electron chi connectivity index (χ1n) is 7.74. The second-order valence-corrected chi connectivity index (χ2v) is 7.72. The zero-order valence-electron chi connectivity index (χ0n) is 14.0. The van der Waals surface area contributed by atoms with E-state index < -0.39 is 10.0 Å². The number of nitrogen functional groups attached to an aromatic ring is 1. The zero-order valence-corrected chi connectivity index (χ0v) is 15.5. The van der Waals surface area contributed by atoms with E-state index in [1.54, 1.807) is 30.3 Å². The summed E-state index contributed by atoms with van der Waals surface area (Å²) in [5.41, 5.74) is 7.50. The number of nitrogens with zero attached hydrogens (tertiary/aromatic N) is 2. The average molecular weight is 406 g/mol. The van der Waals surface area contributed by atoms with Gasteiger partial charge in [-0.05, 0) is 29.8 Å². The Labute approximate surface area is 160 Å². The predicted molar refractivity (Wildman–Crippen MR) is 103 cm³/mol. The van der Waals surface area contributed by atoms with Gasteiger partial charge in [0, 0.05) is 17.6 Å². The van der Waals surface area contributed by atoms with Gasteiger partial charge in [0.15, 0.2) is 0 Å². The molecule has 10 heteroatoms. The number of amides is 1. The van der Waals surface area contributed by atoms with E-state index in [-0.39, 0.29) is 28.6 Å². The first kappa shape index (κ1) is 18.9. The van der Waals surface area contributed by atoms with E-state index in [4.69, 9.17) is 22.5 Å². The molecule has 0 atom stereocenters. The Kier molecular flexibility index (Phi) is 5.17. The lowest BCUT2D eigenvalue weighted by Gasteiger charge is -2.12. The van der Waals surface area contributed by atoms with Crippen LogP contribution in [-0.4, -0.2) is 24.1 Å². The normalized spacial score (nSPS) is 11.3. The molecule has 0 aliphatic rings. The molecule has 0 spiro atoms. The van der Waals surface area contributed by atoms with E-state index in [0.717, 1.165) is 0 Å². The number of rotatable bonds is 5. The number of primary sulfonamides is 1. The van der Waals surface area contributed by atoms with E-state index in [2.05, 4.69) is 10.4 Å². The molecule has 0 bridgehead atoms. The molecule has 0 saturated heterocycles. The molecule has 1 amide bonds. The summed E-state index contributed by atoms with van der Waals surface area (Å²) in [6.07, 6.45) is 2.87. The van der Waals surface area contributed by atoms with Gasteiger partial charge in [-0.15, -0.1) is 0 Å². The first-order chi connectivity index (χ1) is 12.7. The standard InChI is InChI=1S/C17H16ClN5O3S/c18-12-9-21-23(10-12)15-6-5-13(8-16(15)27(20,25)26)22-17(24)7-11-3-1-2-4-14(11)19/h1-6,8-10H,7,19H2,(H,22,24)(H2,20,25,26). The van der Waals surface area contributed by atoms with Crippen molar-refractivity contribution in [1.82, 2.24) is 9.78 Å². The molecule has 2 aromatic carbocycles. The molecule has 140 valence electrons. The topological polar surface area (TPSA) is 133 Å². The maximum Gasteiger partial charge on any atom is 0.240 e. The van der Waals surface area contributed by atoms with Gasteiger partial charge in [0.2, 0.25) is 15.9 Å². The highest BCUT2D eigenvalue weighted by atomic mass is 35.5. The van der Waals surface area contributed by atoms with Gasteiger partial charge in [-0.2, -0.15) is 5.10 Å². The van der Waals surface area contributed by atoms with Gasteiger partial charge in [-0.25, -0.2) is 18.2 Å². The third-order valence-corrected chi connectivity index (χ3v) is 4.89. The van der Waals surface area contributed by atoms with Crippen molar-refractivity contribution < 1.29 is 13.2 Å². The Morgan fingerprint density at radius 3 is 2.59 bits per heavy atom. The third kappa shape index (κ3) is 4.45. The van der Waals surface area contributed by atoms with Crippen molar-refractivity contribution in [1.29, 1.82) is 0 Å². The van der Waals surface area contributed by atoms with E-state index in [1.165, 1.54) is 29.2 Å². The van der Waals surface area contributed by atoms with Gasteiger partial charge in [-0.3, -0.25) is 4.79 Å². The Morgan fingerprint density at radius 1 is 1.22 bits per heavy atom. The second kappa shape index (κ2) is 7.39. The molecular formula is C17H16ClN5O3S. The summed E-state index contributed by atoms with van der Waals surface area (Å²) in [5, 5.41) is 12.3. The molecule has 0 unspecified atom stereocenters. The lowest BCUT2D eigenvalue weighted by Crippen LogP contribution is -2.18. The number of aromatic nitrogens is 2. The number of hydrogen-bond acceptors (Lipinski definition) is 5. The van der Waals surface area contributed by atoms with Crippen LogP contribution in [0.3, 0.4) is 0 Å². The van der Waals surface area contributed by atoms with Gasteiger partial charge >= 0.3 is 0 Å². The number of hydrogen-bond donors (Lipinski definition) is 3.